The highest BCUT2D eigenvalue weighted by Crippen LogP contribution is 2.36. The van der Waals surface area contributed by atoms with Gasteiger partial charge in [-0.3, -0.25) is 4.90 Å². The summed E-state index contributed by atoms with van der Waals surface area (Å²) in [4.78, 5) is 2.45. The van der Waals surface area contributed by atoms with Crippen LogP contribution < -0.4 is 10.1 Å². The van der Waals surface area contributed by atoms with Gasteiger partial charge >= 0.3 is 0 Å². The van der Waals surface area contributed by atoms with Gasteiger partial charge in [0.25, 0.3) is 0 Å². The van der Waals surface area contributed by atoms with Gasteiger partial charge in [-0.1, -0.05) is 32.1 Å². The van der Waals surface area contributed by atoms with Crippen LogP contribution in [0.15, 0.2) is 54.7 Å². The summed E-state index contributed by atoms with van der Waals surface area (Å²) in [6.45, 7) is 13.1. The van der Waals surface area contributed by atoms with Crippen LogP contribution in [-0.4, -0.2) is 35.7 Å². The van der Waals surface area contributed by atoms with Crippen LogP contribution in [0.3, 0.4) is 0 Å². The first-order chi connectivity index (χ1) is 16.1. The molecule has 1 N–H and O–H groups in total. The van der Waals surface area contributed by atoms with Crippen molar-refractivity contribution in [2.24, 2.45) is 0 Å². The minimum absolute atomic E-state index is 0.689. The molecule has 1 fully saturated rings. The second kappa shape index (κ2) is 10.6. The Morgan fingerprint density at radius 3 is 2.55 bits per heavy atom. The van der Waals surface area contributed by atoms with E-state index in [0.29, 0.717) is 12.2 Å². The van der Waals surface area contributed by atoms with Crippen molar-refractivity contribution >= 4 is 16.6 Å². The maximum absolute atomic E-state index is 10.0. The van der Waals surface area contributed by atoms with Crippen LogP contribution in [0.2, 0.25) is 0 Å². The van der Waals surface area contributed by atoms with Crippen molar-refractivity contribution in [2.45, 2.75) is 46.1 Å². The van der Waals surface area contributed by atoms with Gasteiger partial charge in [0.05, 0.1) is 16.8 Å². The fraction of sp³-hybridized carbons (Fsp3) is 0.393. The zero-order valence-electron chi connectivity index (χ0n) is 19.9. The lowest BCUT2D eigenvalue weighted by Crippen LogP contribution is -2.25. The van der Waals surface area contributed by atoms with E-state index >= 15 is 0 Å². The third-order valence-electron chi connectivity index (χ3n) is 6.37. The lowest BCUT2D eigenvalue weighted by Gasteiger charge is -2.15. The van der Waals surface area contributed by atoms with Crippen LogP contribution >= 0.6 is 0 Å². The van der Waals surface area contributed by atoms with E-state index in [4.69, 9.17) is 4.74 Å². The Kier molecular flexibility index (Phi) is 7.36. The molecule has 0 spiro atoms. The predicted octanol–water partition coefficient (Wildman–Crippen LogP) is 6.40. The molecule has 0 saturated carbocycles. The Morgan fingerprint density at radius 2 is 1.88 bits per heavy atom. The van der Waals surface area contributed by atoms with Gasteiger partial charge in [0, 0.05) is 35.9 Å². The van der Waals surface area contributed by atoms with E-state index < -0.39 is 0 Å². The number of hydrogen-bond donors (Lipinski definition) is 1. The summed E-state index contributed by atoms with van der Waals surface area (Å²) in [6.07, 6.45) is 4.60. The van der Waals surface area contributed by atoms with E-state index in [0.717, 1.165) is 65.2 Å². The van der Waals surface area contributed by atoms with E-state index in [2.05, 4.69) is 71.6 Å². The summed E-state index contributed by atoms with van der Waals surface area (Å²) in [7, 11) is 0. The average Bonchev–Trinajstić information content (AvgIpc) is 3.45. The number of hydrogen-bond acceptors (Lipinski definition) is 4. The van der Waals surface area contributed by atoms with Gasteiger partial charge in [-0.05, 0) is 69.1 Å². The summed E-state index contributed by atoms with van der Waals surface area (Å²) in [5, 5.41) is 14.4. The normalized spacial score (nSPS) is 13.8. The van der Waals surface area contributed by atoms with Crippen molar-refractivity contribution in [1.29, 1.82) is 5.26 Å². The van der Waals surface area contributed by atoms with Crippen molar-refractivity contribution in [2.75, 3.05) is 31.6 Å². The minimum atomic E-state index is 0.689. The summed E-state index contributed by atoms with van der Waals surface area (Å²) in [5.41, 5.74) is 5.79. The molecule has 0 unspecified atom stereocenters. The van der Waals surface area contributed by atoms with Crippen LogP contribution in [0.1, 0.15) is 45.1 Å². The Morgan fingerprint density at radius 1 is 1.12 bits per heavy atom. The second-order valence-corrected chi connectivity index (χ2v) is 8.71. The Balaban J connectivity index is 1.60. The van der Waals surface area contributed by atoms with Crippen molar-refractivity contribution in [3.8, 4) is 23.1 Å². The zero-order chi connectivity index (χ0) is 23.2. The van der Waals surface area contributed by atoms with Crippen LogP contribution in [0.4, 0.5) is 5.69 Å². The third kappa shape index (κ3) is 5.07. The van der Waals surface area contributed by atoms with Crippen molar-refractivity contribution in [3.63, 3.8) is 0 Å². The van der Waals surface area contributed by atoms with Gasteiger partial charge in [0.1, 0.15) is 18.4 Å². The lowest BCUT2D eigenvalue weighted by molar-refractivity contribution is 0.238. The van der Waals surface area contributed by atoms with E-state index in [1.165, 1.54) is 25.9 Å². The largest absolute Gasteiger partial charge is 0.492 e. The monoisotopic (exact) mass is 442 g/mol. The Bertz CT molecular complexity index is 1150. The van der Waals surface area contributed by atoms with Gasteiger partial charge in [0.2, 0.25) is 0 Å². The van der Waals surface area contributed by atoms with Crippen molar-refractivity contribution in [1.82, 2.24) is 9.47 Å². The fourth-order valence-corrected chi connectivity index (χ4v) is 4.74. The second-order valence-electron chi connectivity index (χ2n) is 8.71. The number of anilines is 1. The van der Waals surface area contributed by atoms with Gasteiger partial charge in [-0.25, -0.2) is 0 Å². The fourth-order valence-electron chi connectivity index (χ4n) is 4.74. The number of likely N-dealkylation sites (tertiary alicyclic amines) is 1. The van der Waals surface area contributed by atoms with Crippen LogP contribution in [0.25, 0.3) is 22.2 Å². The third-order valence-corrected chi connectivity index (χ3v) is 6.37. The summed E-state index contributed by atoms with van der Waals surface area (Å²) in [5.74, 6) is 0.860. The number of nitrogens with zero attached hydrogens (tertiary/aromatic N) is 3. The molecule has 5 nitrogen and oxygen atoms in total. The molecule has 1 aliphatic rings. The van der Waals surface area contributed by atoms with Crippen molar-refractivity contribution < 1.29 is 4.74 Å². The molecule has 0 amide bonds. The van der Waals surface area contributed by atoms with Gasteiger partial charge < -0.3 is 14.6 Å². The molecule has 0 atom stereocenters. The summed E-state index contributed by atoms with van der Waals surface area (Å²) >= 11 is 0. The molecular formula is C28H34N4O. The zero-order valence-corrected chi connectivity index (χ0v) is 19.9. The SMILES string of the molecule is C=C(CCC)Nc1ccc(-c2c(C#N)c3ccc(OCCN4CCCC4)cc3n2CC)cc1. The summed E-state index contributed by atoms with van der Waals surface area (Å²) < 4.78 is 8.30. The van der Waals surface area contributed by atoms with Gasteiger partial charge in [-0.15, -0.1) is 0 Å². The van der Waals surface area contributed by atoms with E-state index in [1.807, 2.05) is 12.1 Å². The number of ether oxygens (including phenoxy) is 1. The van der Waals surface area contributed by atoms with Crippen molar-refractivity contribution in [3.05, 3.63) is 60.3 Å². The standard InChI is InChI=1S/C28H34N4O/c1-4-8-21(3)30-23-11-9-22(10-12-23)28-26(20-29)25-14-13-24(19-27(25)32(28)5-2)33-18-17-31-15-6-7-16-31/h9-14,19,30H,3-8,15-18H2,1-2H3. The average molecular weight is 443 g/mol. The number of aromatic nitrogens is 1. The predicted molar refractivity (Wildman–Crippen MR) is 137 cm³/mol. The Labute approximate surface area is 197 Å². The molecule has 2 aromatic carbocycles. The summed E-state index contributed by atoms with van der Waals surface area (Å²) in [6, 6.07) is 16.8. The number of fused-ring (bicyclic) bond motifs is 1. The van der Waals surface area contributed by atoms with E-state index in [-0.39, 0.29) is 0 Å². The smallest absolute Gasteiger partial charge is 0.121 e. The molecule has 3 aromatic rings. The quantitative estimate of drug-likeness (QED) is 0.395. The molecule has 0 aliphatic carbocycles. The van der Waals surface area contributed by atoms with E-state index in [1.54, 1.807) is 0 Å². The number of nitrogens with one attached hydrogen (secondary N) is 1. The first-order valence-corrected chi connectivity index (χ1v) is 12.1. The molecule has 4 rings (SSSR count). The molecule has 2 heterocycles. The molecule has 0 bridgehead atoms. The number of benzene rings is 2. The molecule has 1 saturated heterocycles. The maximum atomic E-state index is 10.0. The first-order valence-electron chi connectivity index (χ1n) is 12.1. The van der Waals surface area contributed by atoms with Gasteiger partial charge in [0.15, 0.2) is 0 Å². The molecule has 0 radical (unpaired) electrons. The molecular weight excluding hydrogens is 408 g/mol. The molecule has 172 valence electrons. The topological polar surface area (TPSA) is 53.2 Å². The minimum Gasteiger partial charge on any atom is -0.492 e. The Hall–Kier alpha value is -3.23. The first kappa shape index (κ1) is 22.9. The highest BCUT2D eigenvalue weighted by molar-refractivity contribution is 5.95. The highest BCUT2D eigenvalue weighted by atomic mass is 16.5. The number of allylic oxidation sites excluding steroid dienone is 1. The van der Waals surface area contributed by atoms with Crippen LogP contribution in [0, 0.1) is 11.3 Å². The molecule has 1 aliphatic heterocycles. The number of nitriles is 1. The molecule has 33 heavy (non-hydrogen) atoms. The number of rotatable bonds is 10. The molecule has 5 heteroatoms. The van der Waals surface area contributed by atoms with Gasteiger partial charge in [-0.2, -0.15) is 5.26 Å². The maximum Gasteiger partial charge on any atom is 0.121 e. The number of aryl methyl sites for hydroxylation is 1. The van der Waals surface area contributed by atoms with Crippen LogP contribution in [0.5, 0.6) is 5.75 Å². The van der Waals surface area contributed by atoms with E-state index in [9.17, 15) is 5.26 Å². The molecule has 1 aromatic heterocycles. The highest BCUT2D eigenvalue weighted by Gasteiger charge is 2.19. The lowest BCUT2D eigenvalue weighted by atomic mass is 10.1. The van der Waals surface area contributed by atoms with Crippen LogP contribution in [-0.2, 0) is 6.54 Å².